The lowest BCUT2D eigenvalue weighted by atomic mass is 10.2. The van der Waals surface area contributed by atoms with Gasteiger partial charge in [0, 0.05) is 7.05 Å². The molecule has 17 heavy (non-hydrogen) atoms. The Morgan fingerprint density at radius 2 is 2.06 bits per heavy atom. The molecule has 0 aromatic rings. The number of nitrogens with zero attached hydrogens (tertiary/aromatic N) is 1. The fraction of sp³-hybridized carbons (Fsp3) is 0.700. The van der Waals surface area contributed by atoms with Crippen LogP contribution >= 0.6 is 0 Å². The molecule has 96 valence electrons. The molecular weight excluding hydrogens is 226 g/mol. The second kappa shape index (κ2) is 5.62. The molecule has 0 aromatic carbocycles. The summed E-state index contributed by atoms with van der Waals surface area (Å²) in [7, 11) is 1.41. The van der Waals surface area contributed by atoms with E-state index in [1.165, 1.54) is 7.05 Å². The van der Waals surface area contributed by atoms with Crippen molar-refractivity contribution in [2.24, 2.45) is 0 Å². The number of carboxylic acid groups (broad SMARTS) is 1. The molecule has 7 heteroatoms. The van der Waals surface area contributed by atoms with Gasteiger partial charge >= 0.3 is 12.0 Å². The van der Waals surface area contributed by atoms with E-state index < -0.39 is 30.0 Å². The van der Waals surface area contributed by atoms with Gasteiger partial charge in [0.1, 0.15) is 6.04 Å². The molecular formula is C10H17N3O4. The van der Waals surface area contributed by atoms with E-state index in [-0.39, 0.29) is 0 Å². The van der Waals surface area contributed by atoms with E-state index in [4.69, 9.17) is 5.11 Å². The van der Waals surface area contributed by atoms with E-state index in [1.54, 1.807) is 11.8 Å². The predicted octanol–water partition coefficient (Wildman–Crippen LogP) is -0.620. The number of nitrogens with one attached hydrogen (secondary N) is 2. The molecule has 3 N–H and O–H groups in total. The lowest BCUT2D eigenvalue weighted by molar-refractivity contribution is -0.143. The smallest absolute Gasteiger partial charge is 0.321 e. The van der Waals surface area contributed by atoms with Crippen LogP contribution in [0.15, 0.2) is 0 Å². The summed E-state index contributed by atoms with van der Waals surface area (Å²) < 4.78 is 0. The van der Waals surface area contributed by atoms with Crippen molar-refractivity contribution in [2.75, 3.05) is 13.6 Å². The number of rotatable bonds is 3. The summed E-state index contributed by atoms with van der Waals surface area (Å²) in [6.07, 6.45) is 1.28. The summed E-state index contributed by atoms with van der Waals surface area (Å²) >= 11 is 0. The minimum absolute atomic E-state index is 0.488. The van der Waals surface area contributed by atoms with Crippen molar-refractivity contribution in [1.29, 1.82) is 0 Å². The first-order valence-corrected chi connectivity index (χ1v) is 5.48. The van der Waals surface area contributed by atoms with Gasteiger partial charge < -0.3 is 10.4 Å². The molecule has 1 heterocycles. The van der Waals surface area contributed by atoms with Crippen molar-refractivity contribution in [1.82, 2.24) is 15.5 Å². The second-order valence-corrected chi connectivity index (χ2v) is 3.98. The fourth-order valence-electron chi connectivity index (χ4n) is 1.95. The third-order valence-corrected chi connectivity index (χ3v) is 2.92. The molecule has 0 aromatic heterocycles. The van der Waals surface area contributed by atoms with Gasteiger partial charge in [-0.05, 0) is 26.3 Å². The zero-order valence-electron chi connectivity index (χ0n) is 9.90. The molecule has 1 saturated heterocycles. The first-order valence-electron chi connectivity index (χ1n) is 5.48. The Hall–Kier alpha value is -1.63. The molecule has 1 fully saturated rings. The predicted molar refractivity (Wildman–Crippen MR) is 59.4 cm³/mol. The van der Waals surface area contributed by atoms with Crippen LogP contribution in [0.2, 0.25) is 0 Å². The average molecular weight is 243 g/mol. The zero-order valence-corrected chi connectivity index (χ0v) is 9.90. The lowest BCUT2D eigenvalue weighted by Crippen LogP contribution is -2.52. The Balaban J connectivity index is 2.62. The largest absolute Gasteiger partial charge is 0.480 e. The molecule has 0 bridgehead atoms. The Bertz CT molecular complexity index is 332. The van der Waals surface area contributed by atoms with E-state index in [1.807, 2.05) is 0 Å². The van der Waals surface area contributed by atoms with Gasteiger partial charge in [-0.3, -0.25) is 19.8 Å². The summed E-state index contributed by atoms with van der Waals surface area (Å²) in [5.74, 6) is -1.42. The highest BCUT2D eigenvalue weighted by Gasteiger charge is 2.36. The third kappa shape index (κ3) is 3.16. The maximum Gasteiger partial charge on any atom is 0.321 e. The van der Waals surface area contributed by atoms with Crippen molar-refractivity contribution in [3.05, 3.63) is 0 Å². The number of hydrogen-bond donors (Lipinski definition) is 3. The van der Waals surface area contributed by atoms with Crippen LogP contribution in [0, 0.1) is 0 Å². The first-order chi connectivity index (χ1) is 7.97. The molecule has 0 aliphatic carbocycles. The van der Waals surface area contributed by atoms with Crippen molar-refractivity contribution >= 4 is 17.9 Å². The standard InChI is InChI=1S/C10H17N3O4/c1-6(8(14)12-10(17)11-2)13-5-3-4-7(13)9(15)16/h6-7H,3-5H2,1-2H3,(H,15,16)(H2,11,12,14,17). The molecule has 1 aliphatic heterocycles. The van der Waals surface area contributed by atoms with Gasteiger partial charge in [0.25, 0.3) is 0 Å². The van der Waals surface area contributed by atoms with E-state index in [0.29, 0.717) is 13.0 Å². The van der Waals surface area contributed by atoms with Crippen LogP contribution in [0.3, 0.4) is 0 Å². The van der Waals surface area contributed by atoms with Gasteiger partial charge in [-0.2, -0.15) is 0 Å². The number of imide groups is 1. The molecule has 1 aliphatic rings. The fourth-order valence-corrected chi connectivity index (χ4v) is 1.95. The molecule has 0 spiro atoms. The number of carboxylic acids is 1. The maximum absolute atomic E-state index is 11.7. The highest BCUT2D eigenvalue weighted by Crippen LogP contribution is 2.20. The molecule has 2 atom stereocenters. The number of hydrogen-bond acceptors (Lipinski definition) is 4. The topological polar surface area (TPSA) is 98.7 Å². The van der Waals surface area contributed by atoms with Crippen LogP contribution in [0.25, 0.3) is 0 Å². The molecule has 0 saturated carbocycles. The minimum Gasteiger partial charge on any atom is -0.480 e. The van der Waals surface area contributed by atoms with Gasteiger partial charge in [0.15, 0.2) is 0 Å². The average Bonchev–Trinajstić information content (AvgIpc) is 2.76. The molecule has 1 rings (SSSR count). The molecule has 2 unspecified atom stereocenters. The highest BCUT2D eigenvalue weighted by atomic mass is 16.4. The molecule has 7 nitrogen and oxygen atoms in total. The van der Waals surface area contributed by atoms with Crippen LogP contribution in [0.4, 0.5) is 4.79 Å². The van der Waals surface area contributed by atoms with Crippen LogP contribution in [-0.2, 0) is 9.59 Å². The van der Waals surface area contributed by atoms with Gasteiger partial charge in [-0.1, -0.05) is 0 Å². The summed E-state index contributed by atoms with van der Waals surface area (Å²) in [4.78, 5) is 35.2. The van der Waals surface area contributed by atoms with Crippen molar-refractivity contribution in [3.8, 4) is 0 Å². The zero-order chi connectivity index (χ0) is 13.0. The number of aliphatic carboxylic acids is 1. The Morgan fingerprint density at radius 3 is 2.59 bits per heavy atom. The summed E-state index contributed by atoms with van der Waals surface area (Å²) in [6, 6.07) is -1.86. The number of amides is 3. The number of likely N-dealkylation sites (tertiary alicyclic amines) is 1. The van der Waals surface area contributed by atoms with Crippen molar-refractivity contribution < 1.29 is 19.5 Å². The number of carbonyl (C=O) groups excluding carboxylic acids is 2. The van der Waals surface area contributed by atoms with Crippen LogP contribution in [0.5, 0.6) is 0 Å². The van der Waals surface area contributed by atoms with Gasteiger partial charge in [-0.25, -0.2) is 4.79 Å². The Labute approximate surface area is 99.2 Å². The number of carbonyl (C=O) groups is 3. The third-order valence-electron chi connectivity index (χ3n) is 2.92. The normalized spacial score (nSPS) is 21.9. The highest BCUT2D eigenvalue weighted by molar-refractivity contribution is 5.97. The van der Waals surface area contributed by atoms with Gasteiger partial charge in [0.05, 0.1) is 6.04 Å². The van der Waals surface area contributed by atoms with Crippen LogP contribution < -0.4 is 10.6 Å². The summed E-state index contributed by atoms with van der Waals surface area (Å²) in [5.41, 5.74) is 0. The Morgan fingerprint density at radius 1 is 1.41 bits per heavy atom. The quantitative estimate of drug-likeness (QED) is 0.613. The molecule has 3 amide bonds. The van der Waals surface area contributed by atoms with Crippen molar-refractivity contribution in [3.63, 3.8) is 0 Å². The van der Waals surface area contributed by atoms with E-state index in [2.05, 4.69) is 10.6 Å². The van der Waals surface area contributed by atoms with E-state index in [0.717, 1.165) is 6.42 Å². The number of urea groups is 1. The maximum atomic E-state index is 11.7. The SMILES string of the molecule is CNC(=O)NC(=O)C(C)N1CCCC1C(=O)O. The first kappa shape index (κ1) is 13.4. The Kier molecular flexibility index (Phi) is 4.45. The summed E-state index contributed by atoms with van der Waals surface area (Å²) in [5, 5.41) is 13.4. The van der Waals surface area contributed by atoms with Crippen LogP contribution in [-0.4, -0.2) is 53.6 Å². The molecule has 0 radical (unpaired) electrons. The van der Waals surface area contributed by atoms with Gasteiger partial charge in [0.2, 0.25) is 5.91 Å². The lowest BCUT2D eigenvalue weighted by Gasteiger charge is -2.26. The van der Waals surface area contributed by atoms with Gasteiger partial charge in [-0.15, -0.1) is 0 Å². The summed E-state index contributed by atoms with van der Waals surface area (Å²) in [6.45, 7) is 2.15. The second-order valence-electron chi connectivity index (χ2n) is 3.98. The van der Waals surface area contributed by atoms with Crippen molar-refractivity contribution in [2.45, 2.75) is 31.8 Å². The minimum atomic E-state index is -0.929. The van der Waals surface area contributed by atoms with E-state index in [9.17, 15) is 14.4 Å². The van der Waals surface area contributed by atoms with E-state index >= 15 is 0 Å². The van der Waals surface area contributed by atoms with Crippen LogP contribution in [0.1, 0.15) is 19.8 Å². The monoisotopic (exact) mass is 243 g/mol.